The quantitative estimate of drug-likeness (QED) is 0.582. The van der Waals surface area contributed by atoms with Crippen LogP contribution in [0.5, 0.6) is 0 Å². The maximum atomic E-state index is 12.5. The van der Waals surface area contributed by atoms with Crippen LogP contribution in [0.4, 0.5) is 5.69 Å². The van der Waals surface area contributed by atoms with Gasteiger partial charge in [-0.25, -0.2) is 4.98 Å². The second-order valence-electron chi connectivity index (χ2n) is 5.45. The number of nitrogens with one attached hydrogen (secondary N) is 2. The van der Waals surface area contributed by atoms with Gasteiger partial charge in [0.05, 0.1) is 18.1 Å². The Morgan fingerprint density at radius 2 is 2.08 bits per heavy atom. The highest BCUT2D eigenvalue weighted by atomic mass is 32.1. The monoisotopic (exact) mass is 354 g/mol. The molecule has 0 unspecified atom stereocenters. The summed E-state index contributed by atoms with van der Waals surface area (Å²) < 4.78 is 3.34. The van der Waals surface area contributed by atoms with Crippen LogP contribution in [0.3, 0.4) is 0 Å². The van der Waals surface area contributed by atoms with Crippen molar-refractivity contribution in [2.75, 3.05) is 5.32 Å². The summed E-state index contributed by atoms with van der Waals surface area (Å²) in [6.07, 6.45) is 8.71. The summed E-state index contributed by atoms with van der Waals surface area (Å²) in [5, 5.41) is 20.5. The highest BCUT2D eigenvalue weighted by Crippen LogP contribution is 2.27. The number of carbonyl (C=O) groups excluding carboxylic acids is 1. The smallest absolute Gasteiger partial charge is 0.275 e. The van der Waals surface area contributed by atoms with Crippen molar-refractivity contribution in [3.63, 3.8) is 0 Å². The van der Waals surface area contributed by atoms with Crippen LogP contribution < -0.4 is 5.32 Å². The molecule has 2 N–H and O–H groups in total. The second kappa shape index (κ2) is 5.98. The van der Waals surface area contributed by atoms with Gasteiger partial charge in [-0.15, -0.1) is 11.3 Å². The first-order chi connectivity index (χ1) is 12.1. The molecule has 10 heteroatoms. The van der Waals surface area contributed by atoms with E-state index in [1.165, 1.54) is 11.3 Å². The van der Waals surface area contributed by atoms with Crippen molar-refractivity contribution in [2.24, 2.45) is 14.1 Å². The summed E-state index contributed by atoms with van der Waals surface area (Å²) in [6, 6.07) is 0. The molecule has 0 fully saturated rings. The minimum Gasteiger partial charge on any atom is -0.317 e. The number of nitrogens with zero attached hydrogens (tertiary/aromatic N) is 6. The van der Waals surface area contributed by atoms with Crippen molar-refractivity contribution < 1.29 is 4.79 Å². The first kappa shape index (κ1) is 15.3. The van der Waals surface area contributed by atoms with Gasteiger partial charge in [0.15, 0.2) is 0 Å². The molecule has 0 aliphatic heterocycles. The van der Waals surface area contributed by atoms with Crippen LogP contribution >= 0.6 is 11.3 Å². The predicted octanol–water partition coefficient (Wildman–Crippen LogP) is 1.92. The highest BCUT2D eigenvalue weighted by Gasteiger charge is 2.17. The third kappa shape index (κ3) is 2.94. The summed E-state index contributed by atoms with van der Waals surface area (Å²) in [5.41, 5.74) is 3.30. The number of H-pyrrole nitrogens is 1. The van der Waals surface area contributed by atoms with Gasteiger partial charge in [0.1, 0.15) is 16.4 Å². The van der Waals surface area contributed by atoms with Gasteiger partial charge in [-0.1, -0.05) is 0 Å². The number of hydrogen-bond donors (Lipinski definition) is 2. The Hall–Kier alpha value is -3.27. The Labute approximate surface area is 146 Å². The van der Waals surface area contributed by atoms with E-state index >= 15 is 0 Å². The molecule has 0 aliphatic carbocycles. The van der Waals surface area contributed by atoms with Crippen LogP contribution in [0.15, 0.2) is 36.4 Å². The van der Waals surface area contributed by atoms with Crippen LogP contribution in [0, 0.1) is 0 Å². The molecular formula is C15H14N8OS. The fourth-order valence-electron chi connectivity index (χ4n) is 2.40. The van der Waals surface area contributed by atoms with Gasteiger partial charge in [0.2, 0.25) is 0 Å². The maximum Gasteiger partial charge on any atom is 0.275 e. The molecule has 0 saturated carbocycles. The number of aryl methyl sites for hydroxylation is 2. The first-order valence-corrected chi connectivity index (χ1v) is 8.27. The van der Waals surface area contributed by atoms with Gasteiger partial charge < -0.3 is 5.32 Å². The van der Waals surface area contributed by atoms with E-state index in [0.717, 1.165) is 16.1 Å². The van der Waals surface area contributed by atoms with E-state index in [1.54, 1.807) is 46.6 Å². The zero-order valence-electron chi connectivity index (χ0n) is 13.5. The first-order valence-electron chi connectivity index (χ1n) is 7.39. The van der Waals surface area contributed by atoms with Crippen LogP contribution in [-0.2, 0) is 14.1 Å². The molecule has 0 bridgehead atoms. The maximum absolute atomic E-state index is 12.5. The molecule has 9 nitrogen and oxygen atoms in total. The Balaban J connectivity index is 1.59. The van der Waals surface area contributed by atoms with Crippen molar-refractivity contribution in [3.8, 4) is 21.8 Å². The molecule has 4 aromatic heterocycles. The van der Waals surface area contributed by atoms with Crippen molar-refractivity contribution in [1.29, 1.82) is 0 Å². The van der Waals surface area contributed by atoms with E-state index in [-0.39, 0.29) is 5.91 Å². The number of aromatic amines is 1. The summed E-state index contributed by atoms with van der Waals surface area (Å²) in [4.78, 5) is 16.9. The van der Waals surface area contributed by atoms with E-state index in [9.17, 15) is 4.79 Å². The second-order valence-corrected chi connectivity index (χ2v) is 6.30. The topological polar surface area (TPSA) is 106 Å². The molecule has 126 valence electrons. The number of anilines is 1. The summed E-state index contributed by atoms with van der Waals surface area (Å²) >= 11 is 1.39. The number of amides is 1. The van der Waals surface area contributed by atoms with Crippen molar-refractivity contribution in [2.45, 2.75) is 0 Å². The van der Waals surface area contributed by atoms with Crippen molar-refractivity contribution >= 4 is 22.9 Å². The average Bonchev–Trinajstić information content (AvgIpc) is 3.33. The zero-order valence-corrected chi connectivity index (χ0v) is 14.3. The summed E-state index contributed by atoms with van der Waals surface area (Å²) in [6.45, 7) is 0. The van der Waals surface area contributed by atoms with Crippen molar-refractivity contribution in [3.05, 3.63) is 42.1 Å². The molecule has 0 aromatic carbocycles. The largest absolute Gasteiger partial charge is 0.317 e. The fraction of sp³-hybridized carbons (Fsp3) is 0.133. The average molecular weight is 354 g/mol. The van der Waals surface area contributed by atoms with E-state index in [1.807, 2.05) is 13.2 Å². The van der Waals surface area contributed by atoms with Gasteiger partial charge in [-0.05, 0) is 0 Å². The third-order valence-corrected chi connectivity index (χ3v) is 4.43. The van der Waals surface area contributed by atoms with Gasteiger partial charge in [-0.3, -0.25) is 19.3 Å². The lowest BCUT2D eigenvalue weighted by molar-refractivity contribution is 0.102. The Bertz CT molecular complexity index is 1030. The van der Waals surface area contributed by atoms with Crippen LogP contribution in [0.1, 0.15) is 10.5 Å². The van der Waals surface area contributed by atoms with Crippen molar-refractivity contribution in [1.82, 2.24) is 34.7 Å². The number of carbonyl (C=O) groups is 1. The molecule has 0 saturated heterocycles. The van der Waals surface area contributed by atoms with Crippen LogP contribution in [0.2, 0.25) is 0 Å². The number of aromatic nitrogens is 7. The minimum atomic E-state index is -0.288. The molecule has 0 aliphatic rings. The Morgan fingerprint density at radius 3 is 2.80 bits per heavy atom. The number of hydrogen-bond acceptors (Lipinski definition) is 6. The molecule has 0 radical (unpaired) electrons. The standard InChI is InChI=1S/C15H14N8OS/c1-22-6-10(5-18-22)13-11(7-23(2)21-13)19-14(24)12-8-25-15(20-12)9-3-16-17-4-9/h3-8H,1-2H3,(H,16,17)(H,19,24). The van der Waals surface area contributed by atoms with Crippen LogP contribution in [0.25, 0.3) is 21.8 Å². The SMILES string of the molecule is Cn1cc(-c2nn(C)cc2NC(=O)c2csc(-c3cn[nH]c3)n2)cn1. The minimum absolute atomic E-state index is 0.288. The number of thiazole rings is 1. The van der Waals surface area contributed by atoms with Crippen LogP contribution in [-0.4, -0.2) is 40.6 Å². The lowest BCUT2D eigenvalue weighted by Gasteiger charge is -2.02. The Morgan fingerprint density at radius 1 is 1.20 bits per heavy atom. The molecule has 0 spiro atoms. The zero-order chi connectivity index (χ0) is 17.4. The van der Waals surface area contributed by atoms with E-state index in [0.29, 0.717) is 17.1 Å². The molecule has 4 aromatic rings. The predicted molar refractivity (Wildman–Crippen MR) is 93.1 cm³/mol. The third-order valence-electron chi connectivity index (χ3n) is 3.54. The van der Waals surface area contributed by atoms with E-state index in [4.69, 9.17) is 0 Å². The summed E-state index contributed by atoms with van der Waals surface area (Å²) in [7, 11) is 3.63. The normalized spacial score (nSPS) is 11.0. The summed E-state index contributed by atoms with van der Waals surface area (Å²) in [5.74, 6) is -0.288. The molecule has 4 rings (SSSR count). The lowest BCUT2D eigenvalue weighted by Crippen LogP contribution is -2.12. The molecular weight excluding hydrogens is 340 g/mol. The van der Waals surface area contributed by atoms with E-state index in [2.05, 4.69) is 30.7 Å². The van der Waals surface area contributed by atoms with Gasteiger partial charge in [-0.2, -0.15) is 15.3 Å². The molecule has 25 heavy (non-hydrogen) atoms. The molecule has 1 amide bonds. The molecule has 0 atom stereocenters. The van der Waals surface area contributed by atoms with Gasteiger partial charge >= 0.3 is 0 Å². The molecule has 4 heterocycles. The fourth-order valence-corrected chi connectivity index (χ4v) is 3.18. The van der Waals surface area contributed by atoms with Gasteiger partial charge in [0.25, 0.3) is 5.91 Å². The van der Waals surface area contributed by atoms with E-state index < -0.39 is 0 Å². The number of rotatable bonds is 4. The lowest BCUT2D eigenvalue weighted by atomic mass is 10.2. The van der Waals surface area contributed by atoms with Gasteiger partial charge in [0, 0.05) is 49.2 Å². The Kier molecular flexibility index (Phi) is 3.65. The highest BCUT2D eigenvalue weighted by molar-refractivity contribution is 7.13.